The van der Waals surface area contributed by atoms with Crippen LogP contribution in [0.4, 0.5) is 10.1 Å². The van der Waals surface area contributed by atoms with Gasteiger partial charge in [0.25, 0.3) is 0 Å². The maximum absolute atomic E-state index is 13.2. The maximum atomic E-state index is 13.2. The lowest BCUT2D eigenvalue weighted by molar-refractivity contribution is 0.00688. The zero-order valence-corrected chi connectivity index (χ0v) is 13.8. The van der Waals surface area contributed by atoms with Gasteiger partial charge in [-0.3, -0.25) is 4.98 Å². The molecule has 0 aliphatic heterocycles. The van der Waals surface area contributed by atoms with Crippen LogP contribution in [0.1, 0.15) is 44.2 Å². The molecule has 3 atom stereocenters. The molecule has 1 aliphatic carbocycles. The average Bonchev–Trinajstić information content (AvgIpc) is 2.58. The van der Waals surface area contributed by atoms with Gasteiger partial charge < -0.3 is 15.2 Å². The van der Waals surface area contributed by atoms with E-state index in [9.17, 15) is 9.50 Å². The molecule has 0 saturated heterocycles. The molecule has 1 aromatic carbocycles. The molecule has 128 valence electrons. The molecule has 0 spiro atoms. The van der Waals surface area contributed by atoms with Crippen LogP contribution in [0, 0.1) is 5.82 Å². The van der Waals surface area contributed by atoms with E-state index in [-0.39, 0.29) is 24.1 Å². The van der Waals surface area contributed by atoms with Gasteiger partial charge in [-0.25, -0.2) is 4.39 Å². The van der Waals surface area contributed by atoms with E-state index >= 15 is 0 Å². The molecule has 2 aromatic rings. The molecule has 2 N–H and O–H groups in total. The number of aromatic nitrogens is 1. The number of aliphatic hydroxyl groups excluding tert-OH is 1. The molecule has 5 heteroatoms. The smallest absolute Gasteiger partial charge is 0.141 e. The molecular formula is C19H23FN2O2. The van der Waals surface area contributed by atoms with Gasteiger partial charge in [0.15, 0.2) is 0 Å². The van der Waals surface area contributed by atoms with Crippen molar-refractivity contribution in [2.75, 3.05) is 5.32 Å². The third-order valence-electron chi connectivity index (χ3n) is 4.42. The second-order valence-corrected chi connectivity index (χ2v) is 6.34. The Morgan fingerprint density at radius 1 is 1.21 bits per heavy atom. The quantitative estimate of drug-likeness (QED) is 0.867. The van der Waals surface area contributed by atoms with Crippen molar-refractivity contribution < 1.29 is 14.2 Å². The van der Waals surface area contributed by atoms with Crippen LogP contribution >= 0.6 is 0 Å². The Labute approximate surface area is 141 Å². The van der Waals surface area contributed by atoms with Crippen LogP contribution in [0.3, 0.4) is 0 Å². The fourth-order valence-electron chi connectivity index (χ4n) is 3.02. The molecule has 0 amide bonds. The van der Waals surface area contributed by atoms with Crippen molar-refractivity contribution in [2.24, 2.45) is 0 Å². The molecule has 4 nitrogen and oxygen atoms in total. The van der Waals surface area contributed by atoms with Crippen LogP contribution in [-0.2, 0) is 0 Å². The zero-order chi connectivity index (χ0) is 16.9. The fourth-order valence-corrected chi connectivity index (χ4v) is 3.02. The third kappa shape index (κ3) is 4.23. The zero-order valence-electron chi connectivity index (χ0n) is 13.8. The van der Waals surface area contributed by atoms with Gasteiger partial charge in [0.2, 0.25) is 0 Å². The highest BCUT2D eigenvalue weighted by Gasteiger charge is 2.24. The highest BCUT2D eigenvalue weighted by molar-refractivity contribution is 5.48. The molecule has 1 aliphatic rings. The summed E-state index contributed by atoms with van der Waals surface area (Å²) in [6.07, 6.45) is 6.22. The van der Waals surface area contributed by atoms with Gasteiger partial charge in [0.1, 0.15) is 17.7 Å². The highest BCUT2D eigenvalue weighted by Crippen LogP contribution is 2.26. The van der Waals surface area contributed by atoms with E-state index in [0.29, 0.717) is 0 Å². The van der Waals surface area contributed by atoms with Crippen LogP contribution in [0.15, 0.2) is 42.7 Å². The number of rotatable bonds is 5. The summed E-state index contributed by atoms with van der Waals surface area (Å²) in [5, 5.41) is 13.3. The van der Waals surface area contributed by atoms with Gasteiger partial charge in [-0.2, -0.15) is 0 Å². The van der Waals surface area contributed by atoms with Crippen molar-refractivity contribution >= 4 is 5.69 Å². The SMILES string of the molecule is CC(Nc1ccc(OC2CCCCC2O)cc1)c1cncc(F)c1. The van der Waals surface area contributed by atoms with Crippen LogP contribution in [0.2, 0.25) is 0 Å². The van der Waals surface area contributed by atoms with Crippen molar-refractivity contribution in [3.63, 3.8) is 0 Å². The van der Waals surface area contributed by atoms with Gasteiger partial charge in [-0.1, -0.05) is 6.42 Å². The molecule has 1 heterocycles. The number of hydrogen-bond acceptors (Lipinski definition) is 4. The number of anilines is 1. The third-order valence-corrected chi connectivity index (χ3v) is 4.42. The van der Waals surface area contributed by atoms with Crippen molar-refractivity contribution in [3.05, 3.63) is 54.1 Å². The molecule has 1 aromatic heterocycles. The van der Waals surface area contributed by atoms with E-state index < -0.39 is 0 Å². The molecule has 24 heavy (non-hydrogen) atoms. The minimum atomic E-state index is -0.378. The summed E-state index contributed by atoms with van der Waals surface area (Å²) in [5.41, 5.74) is 1.71. The molecule has 0 bridgehead atoms. The van der Waals surface area contributed by atoms with Crippen LogP contribution in [0.5, 0.6) is 5.75 Å². The summed E-state index contributed by atoms with van der Waals surface area (Å²) in [6.45, 7) is 1.96. The lowest BCUT2D eigenvalue weighted by Gasteiger charge is -2.28. The van der Waals surface area contributed by atoms with E-state index in [1.54, 1.807) is 6.20 Å². The Morgan fingerprint density at radius 2 is 1.96 bits per heavy atom. The largest absolute Gasteiger partial charge is 0.488 e. The summed E-state index contributed by atoms with van der Waals surface area (Å²) >= 11 is 0. The predicted molar refractivity (Wildman–Crippen MR) is 91.6 cm³/mol. The van der Waals surface area contributed by atoms with Gasteiger partial charge in [0, 0.05) is 11.9 Å². The first-order chi connectivity index (χ1) is 11.6. The molecule has 1 fully saturated rings. The van der Waals surface area contributed by atoms with Gasteiger partial charge in [-0.15, -0.1) is 0 Å². The molecular weight excluding hydrogens is 307 g/mol. The number of halogens is 1. The summed E-state index contributed by atoms with van der Waals surface area (Å²) < 4.78 is 19.1. The molecule has 3 unspecified atom stereocenters. The Morgan fingerprint density at radius 3 is 2.67 bits per heavy atom. The number of pyridine rings is 1. The number of nitrogens with one attached hydrogen (secondary N) is 1. The lowest BCUT2D eigenvalue weighted by atomic mass is 9.95. The molecule has 0 radical (unpaired) electrons. The van der Waals surface area contributed by atoms with E-state index in [1.165, 1.54) is 12.3 Å². The minimum Gasteiger partial charge on any atom is -0.488 e. The first-order valence-electron chi connectivity index (χ1n) is 8.43. The predicted octanol–water partition coefficient (Wildman–Crippen LogP) is 4.08. The lowest BCUT2D eigenvalue weighted by Crippen LogP contribution is -2.34. The summed E-state index contributed by atoms with van der Waals surface area (Å²) in [5.74, 6) is 0.419. The minimum absolute atomic E-state index is 0.0554. The van der Waals surface area contributed by atoms with E-state index in [0.717, 1.165) is 42.7 Å². The summed E-state index contributed by atoms with van der Waals surface area (Å²) in [7, 11) is 0. The Bertz CT molecular complexity index is 663. The van der Waals surface area contributed by atoms with Crippen LogP contribution < -0.4 is 10.1 Å². The summed E-state index contributed by atoms with van der Waals surface area (Å²) in [4.78, 5) is 3.87. The van der Waals surface area contributed by atoms with Crippen LogP contribution in [-0.4, -0.2) is 22.3 Å². The second-order valence-electron chi connectivity index (χ2n) is 6.34. The van der Waals surface area contributed by atoms with Crippen molar-refractivity contribution in [1.82, 2.24) is 4.98 Å². The average molecular weight is 330 g/mol. The van der Waals surface area contributed by atoms with E-state index in [2.05, 4.69) is 10.3 Å². The van der Waals surface area contributed by atoms with Gasteiger partial charge in [0.05, 0.1) is 18.3 Å². The Balaban J connectivity index is 1.60. The maximum Gasteiger partial charge on any atom is 0.141 e. The number of aliphatic hydroxyl groups is 1. The first-order valence-corrected chi connectivity index (χ1v) is 8.43. The normalized spacial score (nSPS) is 22.0. The van der Waals surface area contributed by atoms with Crippen molar-refractivity contribution in [3.8, 4) is 5.75 Å². The number of hydrogen-bond donors (Lipinski definition) is 2. The highest BCUT2D eigenvalue weighted by atomic mass is 19.1. The van der Waals surface area contributed by atoms with Gasteiger partial charge in [-0.05, 0) is 62.1 Å². The standard InChI is InChI=1S/C19H23FN2O2/c1-13(14-10-15(20)12-21-11-14)22-16-6-8-17(9-7-16)24-19-5-3-2-4-18(19)23/h6-13,18-19,22-23H,2-5H2,1H3. The monoisotopic (exact) mass is 330 g/mol. The van der Waals surface area contributed by atoms with E-state index in [1.807, 2.05) is 31.2 Å². The number of benzene rings is 1. The molecule has 3 rings (SSSR count). The molecule has 1 saturated carbocycles. The topological polar surface area (TPSA) is 54.4 Å². The Kier molecular flexibility index (Phi) is 5.30. The van der Waals surface area contributed by atoms with Gasteiger partial charge >= 0.3 is 0 Å². The fraction of sp³-hybridized carbons (Fsp3) is 0.421. The Hall–Kier alpha value is -2.14. The van der Waals surface area contributed by atoms with Crippen molar-refractivity contribution in [2.45, 2.75) is 50.9 Å². The number of nitrogens with zero attached hydrogens (tertiary/aromatic N) is 1. The number of ether oxygens (including phenoxy) is 1. The second kappa shape index (κ2) is 7.62. The first kappa shape index (κ1) is 16.7. The van der Waals surface area contributed by atoms with Crippen LogP contribution in [0.25, 0.3) is 0 Å². The van der Waals surface area contributed by atoms with E-state index in [4.69, 9.17) is 4.74 Å². The van der Waals surface area contributed by atoms with Crippen molar-refractivity contribution in [1.29, 1.82) is 0 Å². The summed E-state index contributed by atoms with van der Waals surface area (Å²) in [6, 6.07) is 9.05.